The van der Waals surface area contributed by atoms with Crippen LogP contribution in [0.3, 0.4) is 0 Å². The lowest BCUT2D eigenvalue weighted by Crippen LogP contribution is -2.60. The summed E-state index contributed by atoms with van der Waals surface area (Å²) in [6.45, 7) is 4.09. The Morgan fingerprint density at radius 1 is 0.521 bits per heavy atom. The fourth-order valence-electron chi connectivity index (χ4n) is 9.41. The molecule has 6 N–H and O–H groups in total. The molecule has 1 aliphatic rings. The predicted octanol–water partition coefficient (Wildman–Crippen LogP) is 14.1. The van der Waals surface area contributed by atoms with Crippen molar-refractivity contribution in [2.24, 2.45) is 0 Å². The zero-order chi connectivity index (χ0) is 53.1. The van der Waals surface area contributed by atoms with Crippen LogP contribution in [0.1, 0.15) is 271 Å². The smallest absolute Gasteiger partial charge is 0.305 e. The van der Waals surface area contributed by atoms with Crippen molar-refractivity contribution in [3.63, 3.8) is 0 Å². The second-order valence-electron chi connectivity index (χ2n) is 21.0. The van der Waals surface area contributed by atoms with Crippen molar-refractivity contribution < 1.29 is 49.3 Å². The number of ether oxygens (including phenoxy) is 3. The Kier molecular flexibility index (Phi) is 48.6. The average molecular weight is 1030 g/mol. The molecule has 0 aliphatic carbocycles. The Balaban J connectivity index is 2.00. The van der Waals surface area contributed by atoms with E-state index in [9.17, 15) is 35.1 Å². The molecule has 1 saturated heterocycles. The van der Waals surface area contributed by atoms with Gasteiger partial charge in [0.25, 0.3) is 0 Å². The molecule has 73 heavy (non-hydrogen) atoms. The first-order chi connectivity index (χ1) is 35.7. The van der Waals surface area contributed by atoms with Crippen LogP contribution in [0.15, 0.2) is 48.6 Å². The third-order valence-corrected chi connectivity index (χ3v) is 14.2. The van der Waals surface area contributed by atoms with E-state index >= 15 is 0 Å². The van der Waals surface area contributed by atoms with Crippen molar-refractivity contribution in [2.75, 3.05) is 19.8 Å². The van der Waals surface area contributed by atoms with Gasteiger partial charge in [0.05, 0.1) is 32.0 Å². The monoisotopic (exact) mass is 1030 g/mol. The highest BCUT2D eigenvalue weighted by Gasteiger charge is 2.44. The lowest BCUT2D eigenvalue weighted by atomic mass is 9.99. The second kappa shape index (κ2) is 51.7. The maximum absolute atomic E-state index is 13.0. The van der Waals surface area contributed by atoms with Crippen LogP contribution < -0.4 is 5.32 Å². The summed E-state index contributed by atoms with van der Waals surface area (Å²) in [4.78, 5) is 25.0. The molecule has 1 aliphatic heterocycles. The van der Waals surface area contributed by atoms with Gasteiger partial charge in [-0.25, -0.2) is 0 Å². The van der Waals surface area contributed by atoms with Gasteiger partial charge in [-0.1, -0.05) is 229 Å². The normalized spacial score (nSPS) is 19.2. The summed E-state index contributed by atoms with van der Waals surface area (Å²) in [5.74, 6) is -0.204. The highest BCUT2D eigenvalue weighted by Crippen LogP contribution is 2.23. The molecular weight excluding hydrogens is 919 g/mol. The zero-order valence-electron chi connectivity index (χ0n) is 46.8. The zero-order valence-corrected chi connectivity index (χ0v) is 46.8. The van der Waals surface area contributed by atoms with E-state index in [2.05, 4.69) is 42.6 Å². The number of unbranched alkanes of at least 4 members (excludes halogenated alkanes) is 33. The summed E-state index contributed by atoms with van der Waals surface area (Å²) < 4.78 is 16.6. The van der Waals surface area contributed by atoms with Crippen molar-refractivity contribution in [2.45, 2.75) is 314 Å². The van der Waals surface area contributed by atoms with Gasteiger partial charge >= 0.3 is 5.97 Å². The summed E-state index contributed by atoms with van der Waals surface area (Å²) in [5, 5.41) is 54.1. The summed E-state index contributed by atoms with van der Waals surface area (Å²) >= 11 is 0. The quantitative estimate of drug-likeness (QED) is 0.0195. The molecule has 0 bridgehead atoms. The van der Waals surface area contributed by atoms with Gasteiger partial charge in [0.2, 0.25) is 5.91 Å². The molecule has 0 aromatic rings. The molecule has 1 amide bonds. The summed E-state index contributed by atoms with van der Waals surface area (Å²) in [7, 11) is 0. The van der Waals surface area contributed by atoms with Crippen LogP contribution in [0, 0.1) is 0 Å². The number of hydrogen-bond acceptors (Lipinski definition) is 10. The highest BCUT2D eigenvalue weighted by atomic mass is 16.7. The van der Waals surface area contributed by atoms with Crippen LogP contribution in [0.5, 0.6) is 0 Å². The molecule has 1 rings (SSSR count). The predicted molar refractivity (Wildman–Crippen MR) is 301 cm³/mol. The Morgan fingerprint density at radius 2 is 0.945 bits per heavy atom. The molecule has 11 nitrogen and oxygen atoms in total. The van der Waals surface area contributed by atoms with Gasteiger partial charge in [-0.05, 0) is 77.6 Å². The molecule has 0 radical (unpaired) electrons. The van der Waals surface area contributed by atoms with E-state index in [0.717, 1.165) is 77.0 Å². The van der Waals surface area contributed by atoms with Gasteiger partial charge in [-0.15, -0.1) is 0 Å². The number of carbonyl (C=O) groups is 2. The fourth-order valence-corrected chi connectivity index (χ4v) is 9.41. The Hall–Kier alpha value is -2.38. The minimum Gasteiger partial charge on any atom is -0.466 e. The lowest BCUT2D eigenvalue weighted by molar-refractivity contribution is -0.302. The fraction of sp³-hybridized carbons (Fsp3) is 0.839. The molecular formula is C62H113NO10. The number of esters is 1. The molecule has 1 heterocycles. The van der Waals surface area contributed by atoms with E-state index in [-0.39, 0.29) is 18.5 Å². The number of hydrogen-bond donors (Lipinski definition) is 6. The van der Waals surface area contributed by atoms with E-state index in [1.165, 1.54) is 167 Å². The van der Waals surface area contributed by atoms with Crippen LogP contribution in [0.4, 0.5) is 0 Å². The van der Waals surface area contributed by atoms with Crippen LogP contribution >= 0.6 is 0 Å². The molecule has 11 heteroatoms. The third kappa shape index (κ3) is 41.5. The van der Waals surface area contributed by atoms with Crippen molar-refractivity contribution in [3.05, 3.63) is 48.6 Å². The number of rotatable bonds is 52. The molecule has 0 saturated carbocycles. The van der Waals surface area contributed by atoms with Crippen molar-refractivity contribution in [1.82, 2.24) is 5.32 Å². The number of nitrogens with one attached hydrogen (secondary N) is 1. The Bertz CT molecular complexity index is 1350. The number of aliphatic hydroxyl groups excluding tert-OH is 5. The molecule has 0 aromatic heterocycles. The number of aliphatic hydroxyl groups is 5. The Labute approximate surface area is 446 Å². The molecule has 7 atom stereocenters. The van der Waals surface area contributed by atoms with Crippen LogP contribution in [0.25, 0.3) is 0 Å². The second-order valence-corrected chi connectivity index (χ2v) is 21.0. The standard InChI is InChI=1S/C62H113NO10/c1-3-5-7-9-11-13-14-30-34-38-42-46-50-58(67)71-51-47-43-39-35-31-28-26-24-22-20-18-16-15-17-19-21-23-25-27-29-33-37-41-45-49-57(66)63-54(55(65)48-44-40-36-32-12-10-8-6-4-2)53-72-62-61(70)60(69)59(68)56(52-64)73-62/h4,6,12,17,19,32,44,48,54-56,59-62,64-65,68-70H,3,5,7-11,13-16,18,20-31,33-43,45-47,49-53H2,1-2H3,(H,63,66)/b6-4+,19-17-,32-12+,48-44+. The third-order valence-electron chi connectivity index (χ3n) is 14.2. The van der Waals surface area contributed by atoms with Crippen molar-refractivity contribution in [1.29, 1.82) is 0 Å². The largest absolute Gasteiger partial charge is 0.466 e. The van der Waals surface area contributed by atoms with Crippen molar-refractivity contribution in [3.8, 4) is 0 Å². The molecule has 1 fully saturated rings. The van der Waals surface area contributed by atoms with Gasteiger partial charge in [-0.3, -0.25) is 9.59 Å². The summed E-state index contributed by atoms with van der Waals surface area (Å²) in [6.07, 6.45) is 55.3. The SMILES string of the molecule is C/C=C/CC/C=C/CC/C=C/C(O)C(COC1OC(CO)C(O)C(O)C1O)NC(=O)CCCCCCCCCC/C=C\CCCCCCCCCCCCCCOC(=O)CCCCCCCCCCCCCC. The van der Waals surface area contributed by atoms with Crippen molar-refractivity contribution >= 4 is 11.9 Å². The topological polar surface area (TPSA) is 175 Å². The number of allylic oxidation sites excluding steroid dienone is 7. The molecule has 426 valence electrons. The van der Waals surface area contributed by atoms with Gasteiger partial charge in [0, 0.05) is 12.8 Å². The number of amides is 1. The van der Waals surface area contributed by atoms with E-state index in [0.29, 0.717) is 19.4 Å². The van der Waals surface area contributed by atoms with E-state index in [1.807, 2.05) is 19.1 Å². The highest BCUT2D eigenvalue weighted by molar-refractivity contribution is 5.76. The van der Waals surface area contributed by atoms with Gasteiger partial charge < -0.3 is 45.1 Å². The first kappa shape index (κ1) is 68.6. The maximum atomic E-state index is 13.0. The summed E-state index contributed by atoms with van der Waals surface area (Å²) in [6, 6.07) is -0.837. The average Bonchev–Trinajstić information content (AvgIpc) is 3.39. The maximum Gasteiger partial charge on any atom is 0.305 e. The molecule has 0 spiro atoms. The van der Waals surface area contributed by atoms with E-state index in [1.54, 1.807) is 6.08 Å². The molecule has 0 aromatic carbocycles. The van der Waals surface area contributed by atoms with Crippen LogP contribution in [0.2, 0.25) is 0 Å². The molecule has 7 unspecified atom stereocenters. The van der Waals surface area contributed by atoms with E-state index < -0.39 is 49.5 Å². The minimum absolute atomic E-state index is 0.000815. The first-order valence-corrected chi connectivity index (χ1v) is 30.4. The van der Waals surface area contributed by atoms with Gasteiger partial charge in [0.1, 0.15) is 24.4 Å². The lowest BCUT2D eigenvalue weighted by Gasteiger charge is -2.40. The summed E-state index contributed by atoms with van der Waals surface area (Å²) in [5.41, 5.74) is 0. The first-order valence-electron chi connectivity index (χ1n) is 30.4. The van der Waals surface area contributed by atoms with E-state index in [4.69, 9.17) is 14.2 Å². The van der Waals surface area contributed by atoms with Gasteiger partial charge in [-0.2, -0.15) is 0 Å². The minimum atomic E-state index is -1.58. The Morgan fingerprint density at radius 3 is 1.44 bits per heavy atom. The number of carbonyl (C=O) groups excluding carboxylic acids is 2. The van der Waals surface area contributed by atoms with Crippen LogP contribution in [-0.4, -0.2) is 100 Å². The van der Waals surface area contributed by atoms with Crippen LogP contribution in [-0.2, 0) is 23.8 Å². The van der Waals surface area contributed by atoms with Gasteiger partial charge in [0.15, 0.2) is 6.29 Å².